The van der Waals surface area contributed by atoms with Crippen LogP contribution in [-0.4, -0.2) is 62.8 Å². The largest absolute Gasteiger partial charge is 0.382 e. The van der Waals surface area contributed by atoms with E-state index in [2.05, 4.69) is 35.9 Å². The molecule has 0 saturated carbocycles. The molecule has 224 valence electrons. The summed E-state index contributed by atoms with van der Waals surface area (Å²) in [7, 11) is 0. The Bertz CT molecular complexity index is 1740. The molecule has 2 amide bonds. The number of piperazine rings is 1. The number of halogens is 2. The smallest absolute Gasteiger partial charge is 0.276 e. The maximum absolute atomic E-state index is 13.7. The first kappa shape index (κ1) is 29.9. The Kier molecular flexibility index (Phi) is 8.96. The molecule has 2 aromatic heterocycles. The summed E-state index contributed by atoms with van der Waals surface area (Å²) in [6.07, 6.45) is 2.75. The minimum atomic E-state index is -1.03. The molecule has 1 atom stereocenters. The predicted octanol–water partition coefficient (Wildman–Crippen LogP) is 2.81. The van der Waals surface area contributed by atoms with Crippen LogP contribution in [0.2, 0.25) is 0 Å². The topological polar surface area (TPSA) is 175 Å². The van der Waals surface area contributed by atoms with E-state index in [0.29, 0.717) is 37.4 Å². The van der Waals surface area contributed by atoms with Crippen LogP contribution in [0.1, 0.15) is 50.8 Å². The summed E-state index contributed by atoms with van der Waals surface area (Å²) in [6.45, 7) is 4.38. The second-order valence-electron chi connectivity index (χ2n) is 10.0. The van der Waals surface area contributed by atoms with Gasteiger partial charge < -0.3 is 26.6 Å². The molecule has 5 rings (SSSR count). The standard InChI is InChI=1S/C30H28F2N10O2/c1-17(20-6-7-22(31)23(32)12-20)39-29(43)26-28(38-15-21(13-33)40-26)37-14-18-2-4-19(5-3-18)24-16-36-27(34)25(41-24)30(44)42-10-8-35-9-11-42/h2-7,12,15-17,35H,8-11,14H2,1H3,(H2,34,36)(H,37,38)(H,39,43)/t17-/m0/s1. The highest BCUT2D eigenvalue weighted by Crippen LogP contribution is 2.22. The van der Waals surface area contributed by atoms with Gasteiger partial charge in [-0.25, -0.2) is 28.7 Å². The van der Waals surface area contributed by atoms with Crippen molar-refractivity contribution in [1.82, 2.24) is 35.5 Å². The fourth-order valence-corrected chi connectivity index (χ4v) is 4.55. The normalized spacial score (nSPS) is 13.5. The number of rotatable bonds is 8. The number of nitriles is 1. The Hall–Kier alpha value is -5.55. The van der Waals surface area contributed by atoms with E-state index in [1.165, 1.54) is 18.5 Å². The number of hydrogen-bond donors (Lipinski definition) is 4. The van der Waals surface area contributed by atoms with E-state index in [1.807, 2.05) is 30.3 Å². The zero-order chi connectivity index (χ0) is 31.2. The number of anilines is 2. The van der Waals surface area contributed by atoms with Crippen molar-refractivity contribution in [3.05, 3.63) is 94.7 Å². The monoisotopic (exact) mass is 598 g/mol. The van der Waals surface area contributed by atoms with Crippen molar-refractivity contribution in [1.29, 1.82) is 5.26 Å². The van der Waals surface area contributed by atoms with E-state index in [1.54, 1.807) is 11.8 Å². The lowest BCUT2D eigenvalue weighted by Crippen LogP contribution is -2.46. The number of nitrogen functional groups attached to an aromatic ring is 1. The number of nitrogens with zero attached hydrogens (tertiary/aromatic N) is 6. The molecule has 5 N–H and O–H groups in total. The van der Waals surface area contributed by atoms with Crippen LogP contribution in [0.5, 0.6) is 0 Å². The summed E-state index contributed by atoms with van der Waals surface area (Å²) < 4.78 is 27.0. The Labute approximate surface area is 251 Å². The van der Waals surface area contributed by atoms with Gasteiger partial charge in [0.25, 0.3) is 11.8 Å². The van der Waals surface area contributed by atoms with E-state index in [4.69, 9.17) is 5.73 Å². The third kappa shape index (κ3) is 6.74. The van der Waals surface area contributed by atoms with Crippen molar-refractivity contribution in [2.24, 2.45) is 0 Å². The highest BCUT2D eigenvalue weighted by Gasteiger charge is 2.23. The molecule has 1 aliphatic heterocycles. The molecular weight excluding hydrogens is 570 g/mol. The molecule has 4 aromatic rings. The highest BCUT2D eigenvalue weighted by molar-refractivity contribution is 5.97. The maximum Gasteiger partial charge on any atom is 0.276 e. The van der Waals surface area contributed by atoms with Gasteiger partial charge in [-0.05, 0) is 30.2 Å². The van der Waals surface area contributed by atoms with Crippen LogP contribution in [0.4, 0.5) is 20.4 Å². The molecule has 44 heavy (non-hydrogen) atoms. The number of carbonyl (C=O) groups is 2. The van der Waals surface area contributed by atoms with Crippen molar-refractivity contribution >= 4 is 23.5 Å². The predicted molar refractivity (Wildman–Crippen MR) is 157 cm³/mol. The van der Waals surface area contributed by atoms with Crippen LogP contribution >= 0.6 is 0 Å². The van der Waals surface area contributed by atoms with Gasteiger partial charge in [0.1, 0.15) is 6.07 Å². The Morgan fingerprint density at radius 2 is 1.80 bits per heavy atom. The van der Waals surface area contributed by atoms with E-state index >= 15 is 0 Å². The molecule has 1 aliphatic rings. The first-order valence-electron chi connectivity index (χ1n) is 13.7. The fraction of sp³-hybridized carbons (Fsp3) is 0.233. The first-order valence-corrected chi connectivity index (χ1v) is 13.7. The number of nitrogens with one attached hydrogen (secondary N) is 3. The van der Waals surface area contributed by atoms with Crippen LogP contribution in [0.15, 0.2) is 54.9 Å². The minimum Gasteiger partial charge on any atom is -0.382 e. The molecule has 1 fully saturated rings. The summed E-state index contributed by atoms with van der Waals surface area (Å²) in [4.78, 5) is 44.8. The van der Waals surface area contributed by atoms with Gasteiger partial charge in [-0.3, -0.25) is 9.59 Å². The van der Waals surface area contributed by atoms with Gasteiger partial charge in [0.15, 0.2) is 40.4 Å². The molecule has 3 heterocycles. The molecule has 14 heteroatoms. The van der Waals surface area contributed by atoms with Crippen LogP contribution < -0.4 is 21.7 Å². The van der Waals surface area contributed by atoms with Crippen molar-refractivity contribution < 1.29 is 18.4 Å². The van der Waals surface area contributed by atoms with Crippen LogP contribution in [0.3, 0.4) is 0 Å². The first-order chi connectivity index (χ1) is 21.2. The van der Waals surface area contributed by atoms with Gasteiger partial charge in [0.2, 0.25) is 0 Å². The number of benzene rings is 2. The summed E-state index contributed by atoms with van der Waals surface area (Å²) in [5.74, 6) is -2.74. The Balaban J connectivity index is 1.28. The van der Waals surface area contributed by atoms with Gasteiger partial charge in [-0.15, -0.1) is 0 Å². The quantitative estimate of drug-likeness (QED) is 0.236. The van der Waals surface area contributed by atoms with E-state index in [9.17, 15) is 23.6 Å². The Morgan fingerprint density at radius 1 is 1.05 bits per heavy atom. The van der Waals surface area contributed by atoms with E-state index < -0.39 is 23.6 Å². The van der Waals surface area contributed by atoms with Gasteiger partial charge in [0, 0.05) is 38.3 Å². The van der Waals surface area contributed by atoms with E-state index in [0.717, 1.165) is 23.3 Å². The third-order valence-electron chi connectivity index (χ3n) is 7.01. The van der Waals surface area contributed by atoms with Crippen LogP contribution in [-0.2, 0) is 6.54 Å². The molecule has 12 nitrogen and oxygen atoms in total. The average Bonchev–Trinajstić information content (AvgIpc) is 3.05. The van der Waals surface area contributed by atoms with Crippen molar-refractivity contribution in [2.45, 2.75) is 19.5 Å². The molecule has 1 saturated heterocycles. The van der Waals surface area contributed by atoms with Crippen molar-refractivity contribution in [3.63, 3.8) is 0 Å². The summed E-state index contributed by atoms with van der Waals surface area (Å²) in [6, 6.07) is 11.8. The second kappa shape index (κ2) is 13.2. The minimum absolute atomic E-state index is 0.0649. The summed E-state index contributed by atoms with van der Waals surface area (Å²) in [5, 5.41) is 18.2. The lowest BCUT2D eigenvalue weighted by molar-refractivity contribution is 0.0730. The van der Waals surface area contributed by atoms with Crippen molar-refractivity contribution in [2.75, 3.05) is 37.2 Å². The zero-order valence-electron chi connectivity index (χ0n) is 23.6. The average molecular weight is 599 g/mol. The number of aromatic nitrogens is 4. The van der Waals surface area contributed by atoms with Gasteiger partial charge in [0.05, 0.1) is 24.1 Å². The van der Waals surface area contributed by atoms with Crippen LogP contribution in [0.25, 0.3) is 11.3 Å². The summed E-state index contributed by atoms with van der Waals surface area (Å²) >= 11 is 0. The zero-order valence-corrected chi connectivity index (χ0v) is 23.6. The highest BCUT2D eigenvalue weighted by atomic mass is 19.2. The van der Waals surface area contributed by atoms with Gasteiger partial charge in [-0.1, -0.05) is 30.3 Å². The molecular formula is C30H28F2N10O2. The van der Waals surface area contributed by atoms with Crippen LogP contribution in [0, 0.1) is 23.0 Å². The maximum atomic E-state index is 13.7. The number of nitrogens with two attached hydrogens (primary N) is 1. The third-order valence-corrected chi connectivity index (χ3v) is 7.01. The number of amides is 2. The molecule has 0 radical (unpaired) electrons. The lowest BCUT2D eigenvalue weighted by Gasteiger charge is -2.27. The van der Waals surface area contributed by atoms with Crippen molar-refractivity contribution in [3.8, 4) is 17.3 Å². The molecule has 0 unspecified atom stereocenters. The molecule has 2 aromatic carbocycles. The van der Waals surface area contributed by atoms with Gasteiger partial charge >= 0.3 is 0 Å². The number of carbonyl (C=O) groups excluding carboxylic acids is 2. The van der Waals surface area contributed by atoms with Gasteiger partial charge in [-0.2, -0.15) is 5.26 Å². The summed E-state index contributed by atoms with van der Waals surface area (Å²) in [5.41, 5.74) is 8.28. The second-order valence-corrected chi connectivity index (χ2v) is 10.0. The SMILES string of the molecule is C[C@H](NC(=O)c1nc(C#N)cnc1NCc1ccc(-c2cnc(N)c(C(=O)N3CCNCC3)n2)cc1)c1ccc(F)c(F)c1. The molecule has 0 bridgehead atoms. The molecule has 0 spiro atoms. The van der Waals surface area contributed by atoms with E-state index in [-0.39, 0.29) is 41.2 Å². The number of hydrogen-bond acceptors (Lipinski definition) is 10. The lowest BCUT2D eigenvalue weighted by atomic mass is 10.1. The Morgan fingerprint density at radius 3 is 2.50 bits per heavy atom. The fourth-order valence-electron chi connectivity index (χ4n) is 4.55. The molecule has 0 aliphatic carbocycles.